The molecule has 160 valence electrons. The van der Waals surface area contributed by atoms with Crippen LogP contribution in [0.2, 0.25) is 0 Å². The normalized spacial score (nSPS) is 14.3. The van der Waals surface area contributed by atoms with Crippen LogP contribution in [0.3, 0.4) is 0 Å². The van der Waals surface area contributed by atoms with E-state index in [1.54, 1.807) is 42.4 Å². The molecule has 7 heteroatoms. The van der Waals surface area contributed by atoms with Crippen LogP contribution in [0, 0.1) is 5.92 Å². The maximum atomic E-state index is 13.0. The Bertz CT molecular complexity index is 848. The molecule has 7 nitrogen and oxygen atoms in total. The Morgan fingerprint density at radius 2 is 1.73 bits per heavy atom. The zero-order valence-corrected chi connectivity index (χ0v) is 17.5. The molecule has 1 fully saturated rings. The van der Waals surface area contributed by atoms with Crippen molar-refractivity contribution in [3.8, 4) is 11.5 Å². The molecule has 1 aliphatic heterocycles. The van der Waals surface area contributed by atoms with Gasteiger partial charge in [0, 0.05) is 31.0 Å². The molecule has 1 aromatic carbocycles. The van der Waals surface area contributed by atoms with Gasteiger partial charge in [-0.1, -0.05) is 0 Å². The summed E-state index contributed by atoms with van der Waals surface area (Å²) in [5, 5.41) is 0. The van der Waals surface area contributed by atoms with E-state index in [0.717, 1.165) is 5.56 Å². The van der Waals surface area contributed by atoms with Crippen molar-refractivity contribution in [2.45, 2.75) is 33.3 Å². The number of esters is 1. The van der Waals surface area contributed by atoms with E-state index in [4.69, 9.17) is 14.2 Å². The van der Waals surface area contributed by atoms with Gasteiger partial charge in [-0.3, -0.25) is 14.6 Å². The van der Waals surface area contributed by atoms with E-state index >= 15 is 0 Å². The van der Waals surface area contributed by atoms with Crippen LogP contribution < -0.4 is 9.47 Å². The number of nitrogens with zero attached hydrogens (tertiary/aromatic N) is 2. The third-order valence-electron chi connectivity index (χ3n) is 5.04. The maximum absolute atomic E-state index is 13.0. The van der Waals surface area contributed by atoms with Crippen LogP contribution in [0.4, 0.5) is 0 Å². The Kier molecular flexibility index (Phi) is 7.65. The molecule has 1 amide bonds. The monoisotopic (exact) mass is 412 g/mol. The molecule has 1 saturated heterocycles. The first kappa shape index (κ1) is 21.6. The molecular formula is C23H28N2O5. The molecule has 0 bridgehead atoms. The summed E-state index contributed by atoms with van der Waals surface area (Å²) in [5.74, 6) is 0.764. The minimum Gasteiger partial charge on any atom is -0.490 e. The molecule has 0 spiro atoms. The number of piperidine rings is 1. The van der Waals surface area contributed by atoms with Crippen molar-refractivity contribution in [2.24, 2.45) is 5.92 Å². The molecule has 0 N–H and O–H groups in total. The minimum absolute atomic E-state index is 0.0704. The average Bonchev–Trinajstić information content (AvgIpc) is 2.79. The molecule has 30 heavy (non-hydrogen) atoms. The van der Waals surface area contributed by atoms with Crippen LogP contribution >= 0.6 is 0 Å². The van der Waals surface area contributed by atoms with Crippen molar-refractivity contribution >= 4 is 11.9 Å². The van der Waals surface area contributed by atoms with Gasteiger partial charge < -0.3 is 19.1 Å². The van der Waals surface area contributed by atoms with Crippen molar-refractivity contribution < 1.29 is 23.8 Å². The second-order valence-electron chi connectivity index (χ2n) is 7.06. The standard InChI is InChI=1S/C23H28N2O5/c1-3-28-21-15-19(5-6-20(21)30-16-17-7-11-24-12-8-17)22(26)25-13-9-18(10-14-25)23(27)29-4-2/h5-8,11-12,15,18H,3-4,9-10,13-14,16H2,1-2H3. The van der Waals surface area contributed by atoms with Crippen LogP contribution in [0.5, 0.6) is 11.5 Å². The van der Waals surface area contributed by atoms with Crippen LogP contribution in [-0.2, 0) is 16.1 Å². The van der Waals surface area contributed by atoms with E-state index in [9.17, 15) is 9.59 Å². The number of amides is 1. The Labute approximate surface area is 177 Å². The van der Waals surface area contributed by atoms with Crippen molar-refractivity contribution in [2.75, 3.05) is 26.3 Å². The lowest BCUT2D eigenvalue weighted by atomic mass is 9.96. The highest BCUT2D eigenvalue weighted by Gasteiger charge is 2.29. The summed E-state index contributed by atoms with van der Waals surface area (Å²) in [6.07, 6.45) is 4.68. The molecule has 0 saturated carbocycles. The summed E-state index contributed by atoms with van der Waals surface area (Å²) in [6, 6.07) is 9.02. The van der Waals surface area contributed by atoms with Gasteiger partial charge in [-0.25, -0.2) is 0 Å². The lowest BCUT2D eigenvalue weighted by molar-refractivity contribution is -0.149. The Morgan fingerprint density at radius 1 is 1.00 bits per heavy atom. The highest BCUT2D eigenvalue weighted by atomic mass is 16.5. The number of aromatic nitrogens is 1. The molecule has 2 heterocycles. The van der Waals surface area contributed by atoms with Gasteiger partial charge in [-0.15, -0.1) is 0 Å². The molecule has 2 aromatic rings. The molecule has 0 aliphatic carbocycles. The maximum Gasteiger partial charge on any atom is 0.309 e. The van der Waals surface area contributed by atoms with Crippen molar-refractivity contribution in [3.05, 3.63) is 53.9 Å². The quantitative estimate of drug-likeness (QED) is 0.618. The predicted molar refractivity (Wildman–Crippen MR) is 111 cm³/mol. The van der Waals surface area contributed by atoms with Gasteiger partial charge in [0.25, 0.3) is 5.91 Å². The number of carbonyl (C=O) groups excluding carboxylic acids is 2. The molecule has 1 aromatic heterocycles. The summed E-state index contributed by atoms with van der Waals surface area (Å²) in [6.45, 7) is 6.00. The second kappa shape index (κ2) is 10.6. The van der Waals surface area contributed by atoms with Crippen LogP contribution in [0.25, 0.3) is 0 Å². The molecular weight excluding hydrogens is 384 g/mol. The largest absolute Gasteiger partial charge is 0.490 e. The van der Waals surface area contributed by atoms with Crippen LogP contribution in [0.15, 0.2) is 42.7 Å². The van der Waals surface area contributed by atoms with Gasteiger partial charge in [0.05, 0.1) is 19.1 Å². The Hall–Kier alpha value is -3.09. The zero-order valence-electron chi connectivity index (χ0n) is 17.5. The first-order chi connectivity index (χ1) is 14.6. The van der Waals surface area contributed by atoms with E-state index in [1.807, 2.05) is 19.1 Å². The first-order valence-electron chi connectivity index (χ1n) is 10.4. The number of carbonyl (C=O) groups is 2. The smallest absolute Gasteiger partial charge is 0.309 e. The Balaban J connectivity index is 1.65. The summed E-state index contributed by atoms with van der Waals surface area (Å²) < 4.78 is 16.7. The van der Waals surface area contributed by atoms with Gasteiger partial charge in [0.2, 0.25) is 0 Å². The van der Waals surface area contributed by atoms with Crippen molar-refractivity contribution in [3.63, 3.8) is 0 Å². The van der Waals surface area contributed by atoms with Crippen molar-refractivity contribution in [1.29, 1.82) is 0 Å². The number of likely N-dealkylation sites (tertiary alicyclic amines) is 1. The van der Waals surface area contributed by atoms with E-state index < -0.39 is 0 Å². The summed E-state index contributed by atoms with van der Waals surface area (Å²) in [4.78, 5) is 30.6. The highest BCUT2D eigenvalue weighted by molar-refractivity contribution is 5.95. The molecule has 1 aliphatic rings. The fourth-order valence-corrected chi connectivity index (χ4v) is 3.43. The highest BCUT2D eigenvalue weighted by Crippen LogP contribution is 2.30. The van der Waals surface area contributed by atoms with Gasteiger partial charge >= 0.3 is 5.97 Å². The topological polar surface area (TPSA) is 78.0 Å². The third-order valence-corrected chi connectivity index (χ3v) is 5.04. The number of pyridine rings is 1. The summed E-state index contributed by atoms with van der Waals surface area (Å²) >= 11 is 0. The zero-order chi connectivity index (χ0) is 21.3. The van der Waals surface area contributed by atoms with E-state index in [1.165, 1.54) is 0 Å². The number of hydrogen-bond donors (Lipinski definition) is 0. The van der Waals surface area contributed by atoms with E-state index in [-0.39, 0.29) is 17.8 Å². The van der Waals surface area contributed by atoms with E-state index in [2.05, 4.69) is 4.98 Å². The average molecular weight is 412 g/mol. The number of hydrogen-bond acceptors (Lipinski definition) is 6. The second-order valence-corrected chi connectivity index (χ2v) is 7.06. The number of rotatable bonds is 8. The summed E-state index contributed by atoms with van der Waals surface area (Å²) in [7, 11) is 0. The predicted octanol–water partition coefficient (Wildman–Crippen LogP) is 3.47. The minimum atomic E-state index is -0.168. The fourth-order valence-electron chi connectivity index (χ4n) is 3.43. The molecule has 0 radical (unpaired) electrons. The Morgan fingerprint density at radius 3 is 2.40 bits per heavy atom. The van der Waals surface area contributed by atoms with Gasteiger partial charge in [-0.05, 0) is 62.6 Å². The van der Waals surface area contributed by atoms with Gasteiger partial charge in [0.1, 0.15) is 6.61 Å². The lowest BCUT2D eigenvalue weighted by Crippen LogP contribution is -2.40. The van der Waals surface area contributed by atoms with E-state index in [0.29, 0.717) is 62.8 Å². The SMILES string of the molecule is CCOC(=O)C1CCN(C(=O)c2ccc(OCc3ccncc3)c(OCC)c2)CC1. The van der Waals surface area contributed by atoms with Crippen LogP contribution in [0.1, 0.15) is 42.6 Å². The van der Waals surface area contributed by atoms with Gasteiger partial charge in [0.15, 0.2) is 11.5 Å². The fraction of sp³-hybridized carbons (Fsp3) is 0.435. The first-order valence-corrected chi connectivity index (χ1v) is 10.4. The lowest BCUT2D eigenvalue weighted by Gasteiger charge is -2.31. The molecule has 0 unspecified atom stereocenters. The number of ether oxygens (including phenoxy) is 3. The molecule has 3 rings (SSSR count). The number of benzene rings is 1. The summed E-state index contributed by atoms with van der Waals surface area (Å²) in [5.41, 5.74) is 1.54. The van der Waals surface area contributed by atoms with Crippen molar-refractivity contribution in [1.82, 2.24) is 9.88 Å². The van der Waals surface area contributed by atoms with Gasteiger partial charge in [-0.2, -0.15) is 0 Å². The third kappa shape index (κ3) is 5.49. The van der Waals surface area contributed by atoms with Crippen LogP contribution in [-0.4, -0.2) is 48.1 Å². The molecule has 0 atom stereocenters.